The van der Waals surface area contributed by atoms with Crippen molar-refractivity contribution in [1.29, 1.82) is 0 Å². The van der Waals surface area contributed by atoms with E-state index in [2.05, 4.69) is 5.32 Å². The highest BCUT2D eigenvalue weighted by molar-refractivity contribution is 5.82. The number of nitrogens with one attached hydrogen (secondary N) is 1. The number of Topliss-reactive ketones (excluding diaryl/α,β-unsaturated/α-hetero) is 1. The van der Waals surface area contributed by atoms with Gasteiger partial charge < -0.3 is 5.32 Å². The minimum atomic E-state index is 0.297. The van der Waals surface area contributed by atoms with Crippen LogP contribution in [0.3, 0.4) is 0 Å². The van der Waals surface area contributed by atoms with Crippen molar-refractivity contribution in [3.63, 3.8) is 0 Å². The summed E-state index contributed by atoms with van der Waals surface area (Å²) in [5, 5.41) is 2.93. The Kier molecular flexibility index (Phi) is 1.42. The fourth-order valence-corrected chi connectivity index (χ4v) is 0.619. The van der Waals surface area contributed by atoms with E-state index in [1.165, 1.54) is 0 Å². The summed E-state index contributed by atoms with van der Waals surface area (Å²) in [7, 11) is 0. The quantitative estimate of drug-likeness (QED) is 0.452. The van der Waals surface area contributed by atoms with Gasteiger partial charge in [0, 0.05) is 6.42 Å². The molecule has 2 nitrogen and oxygen atoms in total. The van der Waals surface area contributed by atoms with Gasteiger partial charge >= 0.3 is 0 Å². The maximum Gasteiger partial charge on any atom is 0.146 e. The van der Waals surface area contributed by atoms with Crippen molar-refractivity contribution in [2.24, 2.45) is 0 Å². The first-order valence-corrected chi connectivity index (χ1v) is 2.43. The van der Waals surface area contributed by atoms with Gasteiger partial charge in [0.2, 0.25) is 0 Å². The normalized spacial score (nSPS) is 22.6. The second-order valence-electron chi connectivity index (χ2n) is 1.66. The Hall–Kier alpha value is -0.370. The lowest BCUT2D eigenvalue weighted by atomic mass is 10.1. The third kappa shape index (κ3) is 1.27. The Bertz CT molecular complexity index is 72.1. The molecule has 1 heterocycles. The molecule has 0 aliphatic carbocycles. The zero-order valence-corrected chi connectivity index (χ0v) is 4.11. The summed E-state index contributed by atoms with van der Waals surface area (Å²) in [6.45, 7) is 1.46. The Morgan fingerprint density at radius 3 is 2.86 bits per heavy atom. The molecule has 1 aliphatic heterocycles. The Morgan fingerprint density at radius 1 is 1.71 bits per heavy atom. The van der Waals surface area contributed by atoms with Crippen LogP contribution in [0.25, 0.3) is 0 Å². The maximum atomic E-state index is 10.4. The SMILES string of the molecule is O=C1C[CH]CNC1. The predicted molar refractivity (Wildman–Crippen MR) is 26.8 cm³/mol. The molecule has 39 valence electrons. The third-order valence-corrected chi connectivity index (χ3v) is 0.983. The summed E-state index contributed by atoms with van der Waals surface area (Å²) in [5.41, 5.74) is 0. The molecule has 1 rings (SSSR count). The summed E-state index contributed by atoms with van der Waals surface area (Å²) < 4.78 is 0. The van der Waals surface area contributed by atoms with Crippen molar-refractivity contribution in [2.45, 2.75) is 6.42 Å². The van der Waals surface area contributed by atoms with Crippen LogP contribution >= 0.6 is 0 Å². The van der Waals surface area contributed by atoms with Crippen LogP contribution in [0.15, 0.2) is 0 Å². The van der Waals surface area contributed by atoms with E-state index in [9.17, 15) is 4.79 Å². The van der Waals surface area contributed by atoms with Crippen LogP contribution in [-0.2, 0) is 4.79 Å². The van der Waals surface area contributed by atoms with Crippen LogP contribution in [0.1, 0.15) is 6.42 Å². The fourth-order valence-electron chi connectivity index (χ4n) is 0.619. The molecule has 1 N–H and O–H groups in total. The molecular weight excluding hydrogens is 90.1 g/mol. The molecule has 0 aromatic carbocycles. The molecule has 0 saturated carbocycles. The molecule has 0 amide bonds. The van der Waals surface area contributed by atoms with E-state index < -0.39 is 0 Å². The first-order valence-electron chi connectivity index (χ1n) is 2.43. The van der Waals surface area contributed by atoms with Crippen molar-refractivity contribution in [3.05, 3.63) is 6.42 Å². The van der Waals surface area contributed by atoms with Gasteiger partial charge in [0.25, 0.3) is 0 Å². The fraction of sp³-hybridized carbons (Fsp3) is 0.600. The molecule has 0 bridgehead atoms. The molecule has 0 aromatic heterocycles. The number of ketones is 1. The molecule has 2 heteroatoms. The second-order valence-corrected chi connectivity index (χ2v) is 1.66. The van der Waals surface area contributed by atoms with Gasteiger partial charge in [-0.15, -0.1) is 0 Å². The lowest BCUT2D eigenvalue weighted by Gasteiger charge is -2.07. The van der Waals surface area contributed by atoms with Crippen LogP contribution in [0.4, 0.5) is 0 Å². The van der Waals surface area contributed by atoms with Gasteiger partial charge in [-0.1, -0.05) is 0 Å². The number of hydrogen-bond acceptors (Lipinski definition) is 2. The summed E-state index contributed by atoms with van der Waals surface area (Å²) in [4.78, 5) is 10.4. The van der Waals surface area contributed by atoms with Crippen molar-refractivity contribution in [1.82, 2.24) is 5.32 Å². The smallest absolute Gasteiger partial charge is 0.146 e. The van der Waals surface area contributed by atoms with Crippen LogP contribution < -0.4 is 5.32 Å². The number of piperidine rings is 1. The van der Waals surface area contributed by atoms with Gasteiger partial charge in [-0.2, -0.15) is 0 Å². The average molecular weight is 98.1 g/mol. The van der Waals surface area contributed by atoms with Gasteiger partial charge in [-0.05, 0) is 13.0 Å². The van der Waals surface area contributed by atoms with Crippen molar-refractivity contribution >= 4 is 5.78 Å². The number of hydrogen-bond donors (Lipinski definition) is 1. The summed E-state index contributed by atoms with van der Waals surface area (Å²) in [6, 6.07) is 0. The van der Waals surface area contributed by atoms with Gasteiger partial charge in [-0.25, -0.2) is 0 Å². The van der Waals surface area contributed by atoms with Gasteiger partial charge in [0.15, 0.2) is 0 Å². The first-order chi connectivity index (χ1) is 3.39. The maximum absolute atomic E-state index is 10.4. The monoisotopic (exact) mass is 98.1 g/mol. The largest absolute Gasteiger partial charge is 0.310 e. The number of rotatable bonds is 0. The molecule has 0 spiro atoms. The first kappa shape index (κ1) is 4.78. The Labute approximate surface area is 42.9 Å². The zero-order chi connectivity index (χ0) is 5.11. The lowest BCUT2D eigenvalue weighted by molar-refractivity contribution is -0.118. The van der Waals surface area contributed by atoms with Crippen molar-refractivity contribution < 1.29 is 4.79 Å². The van der Waals surface area contributed by atoms with E-state index in [1.54, 1.807) is 0 Å². The standard InChI is InChI=1S/C5H8NO/c7-5-2-1-3-6-4-5/h1,6H,2-4H2. The van der Waals surface area contributed by atoms with Crippen LogP contribution in [0.5, 0.6) is 0 Å². The van der Waals surface area contributed by atoms with Crippen molar-refractivity contribution in [3.8, 4) is 0 Å². The van der Waals surface area contributed by atoms with Crippen LogP contribution in [0, 0.1) is 6.42 Å². The highest BCUT2D eigenvalue weighted by atomic mass is 16.1. The highest BCUT2D eigenvalue weighted by Crippen LogP contribution is 1.91. The number of carbonyl (C=O) groups excluding carboxylic acids is 1. The third-order valence-electron chi connectivity index (χ3n) is 0.983. The van der Waals surface area contributed by atoms with E-state index in [0.29, 0.717) is 18.7 Å². The molecule has 1 fully saturated rings. The van der Waals surface area contributed by atoms with E-state index in [-0.39, 0.29) is 0 Å². The van der Waals surface area contributed by atoms with Gasteiger partial charge in [0.1, 0.15) is 5.78 Å². The van der Waals surface area contributed by atoms with E-state index in [0.717, 1.165) is 6.54 Å². The molecule has 1 radical (unpaired) electrons. The van der Waals surface area contributed by atoms with E-state index >= 15 is 0 Å². The second kappa shape index (κ2) is 2.07. The molecular formula is C5H8NO. The molecule has 7 heavy (non-hydrogen) atoms. The number of carbonyl (C=O) groups is 1. The van der Waals surface area contributed by atoms with E-state index in [4.69, 9.17) is 0 Å². The summed E-state index contributed by atoms with van der Waals surface area (Å²) >= 11 is 0. The predicted octanol–water partition coefficient (Wildman–Crippen LogP) is -0.247. The Balaban J connectivity index is 2.25. The van der Waals surface area contributed by atoms with Gasteiger partial charge in [-0.3, -0.25) is 4.79 Å². The average Bonchev–Trinajstić information content (AvgIpc) is 1.69. The highest BCUT2D eigenvalue weighted by Gasteiger charge is 2.05. The molecule has 1 saturated heterocycles. The molecule has 0 unspecified atom stereocenters. The van der Waals surface area contributed by atoms with E-state index in [1.807, 2.05) is 6.42 Å². The van der Waals surface area contributed by atoms with Crippen LogP contribution in [0.2, 0.25) is 0 Å². The minimum Gasteiger partial charge on any atom is -0.310 e. The van der Waals surface area contributed by atoms with Crippen molar-refractivity contribution in [2.75, 3.05) is 13.1 Å². The zero-order valence-electron chi connectivity index (χ0n) is 4.11. The van der Waals surface area contributed by atoms with Crippen LogP contribution in [-0.4, -0.2) is 18.9 Å². The molecule has 1 aliphatic rings. The topological polar surface area (TPSA) is 29.1 Å². The summed E-state index contributed by atoms with van der Waals surface area (Å²) in [6.07, 6.45) is 2.61. The molecule has 0 aromatic rings. The molecule has 0 atom stereocenters. The summed E-state index contributed by atoms with van der Waals surface area (Å²) in [5.74, 6) is 0.297. The Morgan fingerprint density at radius 2 is 2.57 bits per heavy atom. The van der Waals surface area contributed by atoms with Gasteiger partial charge in [0.05, 0.1) is 6.54 Å². The lowest BCUT2D eigenvalue weighted by Crippen LogP contribution is -2.29. The minimum absolute atomic E-state index is 0.297.